The predicted molar refractivity (Wildman–Crippen MR) is 57.3 cm³/mol. The maximum Gasteiger partial charge on any atom is 0.0485 e. The van der Waals surface area contributed by atoms with E-state index in [0.717, 1.165) is 5.92 Å². The zero-order valence-electron chi connectivity index (χ0n) is 8.11. The van der Waals surface area contributed by atoms with Crippen molar-refractivity contribution in [3.8, 4) is 0 Å². The minimum Gasteiger partial charge on any atom is -0.341 e. The molecule has 0 N–H and O–H groups in total. The minimum atomic E-state index is 0.535. The van der Waals surface area contributed by atoms with Crippen molar-refractivity contribution in [1.29, 1.82) is 0 Å². The van der Waals surface area contributed by atoms with Gasteiger partial charge in [0.1, 0.15) is 0 Å². The van der Waals surface area contributed by atoms with Crippen LogP contribution in [-0.2, 0) is 5.54 Å². The van der Waals surface area contributed by atoms with Gasteiger partial charge in [-0.25, -0.2) is 0 Å². The summed E-state index contributed by atoms with van der Waals surface area (Å²) in [5.74, 6) is 1.05. The smallest absolute Gasteiger partial charge is 0.0485 e. The Bertz CT molecular complexity index is 492. The molecule has 2 bridgehead atoms. The largest absolute Gasteiger partial charge is 0.341 e. The maximum atomic E-state index is 2.52. The fraction of sp³-hybridized carbons (Fsp3) is 0.385. The van der Waals surface area contributed by atoms with Crippen molar-refractivity contribution < 1.29 is 0 Å². The Morgan fingerprint density at radius 1 is 1.07 bits per heavy atom. The second-order valence-electron chi connectivity index (χ2n) is 4.95. The zero-order chi connectivity index (χ0) is 9.17. The van der Waals surface area contributed by atoms with Gasteiger partial charge in [-0.05, 0) is 42.7 Å². The number of aromatic nitrogens is 1. The van der Waals surface area contributed by atoms with Crippen LogP contribution in [0.25, 0.3) is 10.9 Å². The maximum absolute atomic E-state index is 2.52. The fourth-order valence-corrected chi connectivity index (χ4v) is 3.22. The van der Waals surface area contributed by atoms with Gasteiger partial charge in [0.05, 0.1) is 0 Å². The van der Waals surface area contributed by atoms with E-state index in [-0.39, 0.29) is 0 Å². The second kappa shape index (κ2) is 2.05. The second-order valence-corrected chi connectivity index (χ2v) is 4.95. The average Bonchev–Trinajstić information content (AvgIpc) is 2.45. The summed E-state index contributed by atoms with van der Waals surface area (Å²) in [4.78, 5) is 0. The SMILES string of the molecule is c1ccc2c(c1)ccn2C12CC(C1)C2. The molecule has 0 aliphatic heterocycles. The Morgan fingerprint density at radius 3 is 2.57 bits per heavy atom. The van der Waals surface area contributed by atoms with Crippen LogP contribution >= 0.6 is 0 Å². The van der Waals surface area contributed by atoms with E-state index in [9.17, 15) is 0 Å². The van der Waals surface area contributed by atoms with Crippen LogP contribution in [0.2, 0.25) is 0 Å². The summed E-state index contributed by atoms with van der Waals surface area (Å²) in [7, 11) is 0. The lowest BCUT2D eigenvalue weighted by molar-refractivity contribution is -0.0855. The Hall–Kier alpha value is -1.24. The highest BCUT2D eigenvalue weighted by Crippen LogP contribution is 2.62. The monoisotopic (exact) mass is 183 g/mol. The summed E-state index contributed by atoms with van der Waals surface area (Å²) < 4.78 is 2.52. The highest BCUT2D eigenvalue weighted by molar-refractivity contribution is 5.80. The summed E-state index contributed by atoms with van der Waals surface area (Å²) >= 11 is 0. The van der Waals surface area contributed by atoms with E-state index in [0.29, 0.717) is 5.54 Å². The molecule has 1 nitrogen and oxygen atoms in total. The molecule has 1 heterocycles. The summed E-state index contributed by atoms with van der Waals surface area (Å²) in [6, 6.07) is 11.0. The summed E-state index contributed by atoms with van der Waals surface area (Å²) in [5, 5.41) is 1.39. The average molecular weight is 183 g/mol. The zero-order valence-corrected chi connectivity index (χ0v) is 8.11. The number of fused-ring (bicyclic) bond motifs is 1. The third-order valence-corrected chi connectivity index (χ3v) is 4.12. The van der Waals surface area contributed by atoms with Crippen LogP contribution in [0.15, 0.2) is 36.5 Å². The molecule has 2 aromatic rings. The molecule has 3 aliphatic rings. The van der Waals surface area contributed by atoms with Gasteiger partial charge < -0.3 is 4.57 Å². The van der Waals surface area contributed by atoms with Gasteiger partial charge in [-0.1, -0.05) is 18.2 Å². The highest BCUT2D eigenvalue weighted by Gasteiger charge is 2.57. The molecule has 3 saturated carbocycles. The Labute approximate surface area is 83.3 Å². The first kappa shape index (κ1) is 7.10. The van der Waals surface area contributed by atoms with E-state index in [1.807, 2.05) is 0 Å². The number of benzene rings is 1. The van der Waals surface area contributed by atoms with Crippen molar-refractivity contribution in [2.24, 2.45) is 5.92 Å². The molecule has 0 saturated heterocycles. The number of hydrogen-bond donors (Lipinski definition) is 0. The Balaban J connectivity index is 1.97. The number of nitrogens with zero attached hydrogens (tertiary/aromatic N) is 1. The van der Waals surface area contributed by atoms with Crippen molar-refractivity contribution in [2.45, 2.75) is 24.8 Å². The fourth-order valence-electron chi connectivity index (χ4n) is 3.22. The lowest BCUT2D eigenvalue weighted by Gasteiger charge is -2.62. The number of para-hydroxylation sites is 1. The van der Waals surface area contributed by atoms with Gasteiger partial charge in [-0.15, -0.1) is 0 Å². The quantitative estimate of drug-likeness (QED) is 0.640. The first-order chi connectivity index (χ1) is 6.87. The molecule has 1 aromatic heterocycles. The number of hydrogen-bond acceptors (Lipinski definition) is 0. The van der Waals surface area contributed by atoms with E-state index in [1.165, 1.54) is 30.2 Å². The third kappa shape index (κ3) is 0.648. The van der Waals surface area contributed by atoms with E-state index in [2.05, 4.69) is 41.1 Å². The normalized spacial score (nSPS) is 33.9. The van der Waals surface area contributed by atoms with Crippen molar-refractivity contribution in [2.75, 3.05) is 0 Å². The van der Waals surface area contributed by atoms with Crippen molar-refractivity contribution >= 4 is 10.9 Å². The first-order valence-electron chi connectivity index (χ1n) is 5.44. The molecule has 1 heteroatoms. The van der Waals surface area contributed by atoms with Gasteiger partial charge in [0.15, 0.2) is 0 Å². The van der Waals surface area contributed by atoms with Gasteiger partial charge in [0.2, 0.25) is 0 Å². The molecule has 0 atom stereocenters. The molecule has 0 spiro atoms. The summed E-state index contributed by atoms with van der Waals surface area (Å²) in [6.45, 7) is 0. The minimum absolute atomic E-state index is 0.535. The summed E-state index contributed by atoms with van der Waals surface area (Å²) in [5.41, 5.74) is 1.96. The van der Waals surface area contributed by atoms with Gasteiger partial charge in [0.25, 0.3) is 0 Å². The van der Waals surface area contributed by atoms with Crippen LogP contribution in [-0.4, -0.2) is 4.57 Å². The van der Waals surface area contributed by atoms with Crippen LogP contribution in [0.5, 0.6) is 0 Å². The van der Waals surface area contributed by atoms with Crippen LogP contribution in [0.4, 0.5) is 0 Å². The van der Waals surface area contributed by atoms with Gasteiger partial charge >= 0.3 is 0 Å². The molecule has 0 unspecified atom stereocenters. The standard InChI is InChI=1S/C13H13N/c1-2-4-12-11(3-1)5-6-14(12)13-7-10(8-13)9-13/h1-6,10H,7-9H2. The van der Waals surface area contributed by atoms with Crippen LogP contribution in [0.3, 0.4) is 0 Å². The Kier molecular flexibility index (Phi) is 1.04. The van der Waals surface area contributed by atoms with Gasteiger partial charge in [-0.3, -0.25) is 0 Å². The Morgan fingerprint density at radius 2 is 1.86 bits per heavy atom. The molecule has 14 heavy (non-hydrogen) atoms. The molecule has 3 fully saturated rings. The van der Waals surface area contributed by atoms with Crippen LogP contribution in [0.1, 0.15) is 19.3 Å². The van der Waals surface area contributed by atoms with Gasteiger partial charge in [0, 0.05) is 17.3 Å². The van der Waals surface area contributed by atoms with Crippen molar-refractivity contribution in [1.82, 2.24) is 4.57 Å². The van der Waals surface area contributed by atoms with E-state index in [1.54, 1.807) is 0 Å². The van der Waals surface area contributed by atoms with Crippen molar-refractivity contribution in [3.63, 3.8) is 0 Å². The van der Waals surface area contributed by atoms with E-state index in [4.69, 9.17) is 0 Å². The molecular formula is C13H13N. The molecule has 0 amide bonds. The lowest BCUT2D eigenvalue weighted by Crippen LogP contribution is -2.58. The third-order valence-electron chi connectivity index (χ3n) is 4.12. The molecule has 3 aliphatic carbocycles. The van der Waals surface area contributed by atoms with Gasteiger partial charge in [-0.2, -0.15) is 0 Å². The highest BCUT2D eigenvalue weighted by atomic mass is 15.1. The molecule has 70 valence electrons. The summed E-state index contributed by atoms with van der Waals surface area (Å²) in [6.07, 6.45) is 6.54. The van der Waals surface area contributed by atoms with E-state index < -0.39 is 0 Å². The van der Waals surface area contributed by atoms with E-state index >= 15 is 0 Å². The molecule has 0 radical (unpaired) electrons. The van der Waals surface area contributed by atoms with Crippen LogP contribution < -0.4 is 0 Å². The molecule has 5 rings (SSSR count). The predicted octanol–water partition coefficient (Wildman–Crippen LogP) is 3.15. The number of rotatable bonds is 1. The molecular weight excluding hydrogens is 170 g/mol. The lowest BCUT2D eigenvalue weighted by atomic mass is 9.49. The van der Waals surface area contributed by atoms with Crippen molar-refractivity contribution in [3.05, 3.63) is 36.5 Å². The molecule has 1 aromatic carbocycles. The van der Waals surface area contributed by atoms with Crippen LogP contribution in [0, 0.1) is 5.92 Å². The first-order valence-corrected chi connectivity index (χ1v) is 5.44. The topological polar surface area (TPSA) is 4.93 Å².